The van der Waals surface area contributed by atoms with Gasteiger partial charge in [-0.25, -0.2) is 0 Å². The second-order valence-electron chi connectivity index (χ2n) is 9.53. The van der Waals surface area contributed by atoms with Crippen LogP contribution in [0.4, 0.5) is 0 Å². The number of hydrogen-bond acceptors (Lipinski definition) is 17. The van der Waals surface area contributed by atoms with Gasteiger partial charge < -0.3 is 86.8 Å². The summed E-state index contributed by atoms with van der Waals surface area (Å²) >= 11 is 0. The topological polar surface area (TPSA) is 306 Å². The van der Waals surface area contributed by atoms with Crippen LogP contribution in [0.2, 0.25) is 0 Å². The predicted molar refractivity (Wildman–Crippen MR) is 122 cm³/mol. The maximum Gasteiger partial charge on any atom is 0.178 e. The van der Waals surface area contributed by atoms with Crippen LogP contribution in [0.1, 0.15) is 6.92 Å². The number of aliphatic hydroxyl groups excluding tert-OH is 9. The van der Waals surface area contributed by atoms with Crippen molar-refractivity contribution in [1.29, 1.82) is 0 Å². The van der Waals surface area contributed by atoms with Crippen molar-refractivity contribution in [3.8, 4) is 0 Å². The molecule has 222 valence electrons. The smallest absolute Gasteiger partial charge is 0.178 e. The monoisotopic (exact) mass is 557 g/mol. The highest BCUT2D eigenvalue weighted by atomic mass is 16.7. The molecule has 0 bridgehead atoms. The Kier molecular flexibility index (Phi) is 10.4. The molecular weight excluding hydrogens is 518 g/mol. The lowest BCUT2D eigenvalue weighted by molar-refractivity contribution is -0.358. The SMILES string of the molecule is C/C=C(\O)[C@]1(CO)O[C@H](OC2[C@@H](CO)O[C@@H](OC3[C@@H](CO)O[C@@H](O)[C@H](N)[C@H]3O)[C@H](N)[C@H]2O)[C@H](N)[C@@H](O)[C@@H]1O. The van der Waals surface area contributed by atoms with Crippen LogP contribution in [0.25, 0.3) is 0 Å². The first-order valence-corrected chi connectivity index (χ1v) is 12.0. The van der Waals surface area contributed by atoms with Gasteiger partial charge in [0.25, 0.3) is 0 Å². The molecule has 3 saturated heterocycles. The van der Waals surface area contributed by atoms with E-state index in [1.165, 1.54) is 6.92 Å². The number of ether oxygens (including phenoxy) is 5. The summed E-state index contributed by atoms with van der Waals surface area (Å²) in [5, 5.41) is 91.9. The number of aliphatic hydroxyl groups is 9. The van der Waals surface area contributed by atoms with E-state index in [0.29, 0.717) is 0 Å². The summed E-state index contributed by atoms with van der Waals surface area (Å²) in [4.78, 5) is 0. The van der Waals surface area contributed by atoms with Gasteiger partial charge in [-0.05, 0) is 13.0 Å². The highest BCUT2D eigenvalue weighted by molar-refractivity contribution is 5.17. The number of nitrogens with two attached hydrogens (primary N) is 3. The van der Waals surface area contributed by atoms with Crippen LogP contribution in [0.15, 0.2) is 11.8 Å². The van der Waals surface area contributed by atoms with Gasteiger partial charge in [-0.3, -0.25) is 0 Å². The molecule has 0 aromatic heterocycles. The zero-order chi connectivity index (χ0) is 28.5. The fourth-order valence-corrected chi connectivity index (χ4v) is 4.75. The normalized spacial score (nSPS) is 50.7. The Balaban J connectivity index is 1.79. The van der Waals surface area contributed by atoms with E-state index in [2.05, 4.69) is 0 Å². The summed E-state index contributed by atoms with van der Waals surface area (Å²) < 4.78 is 27.8. The molecule has 3 aliphatic heterocycles. The van der Waals surface area contributed by atoms with Gasteiger partial charge in [0.05, 0.1) is 37.9 Å². The maximum absolute atomic E-state index is 11.0. The van der Waals surface area contributed by atoms with E-state index in [0.717, 1.165) is 6.08 Å². The van der Waals surface area contributed by atoms with Gasteiger partial charge in [0.2, 0.25) is 0 Å². The molecule has 17 nitrogen and oxygen atoms in total. The van der Waals surface area contributed by atoms with Gasteiger partial charge in [0.1, 0.15) is 54.6 Å². The first-order chi connectivity index (χ1) is 17.9. The van der Waals surface area contributed by atoms with Crippen molar-refractivity contribution in [3.05, 3.63) is 11.8 Å². The first kappa shape index (κ1) is 31.4. The summed E-state index contributed by atoms with van der Waals surface area (Å²) in [5.41, 5.74) is 15.5. The second kappa shape index (κ2) is 12.6. The van der Waals surface area contributed by atoms with Crippen LogP contribution >= 0.6 is 0 Å². The minimum Gasteiger partial charge on any atom is -0.509 e. The molecule has 0 aliphatic carbocycles. The molecule has 3 fully saturated rings. The summed E-state index contributed by atoms with van der Waals surface area (Å²) in [6.45, 7) is -1.03. The molecule has 0 amide bonds. The molecular formula is C21H39N3O14. The maximum atomic E-state index is 11.0. The third kappa shape index (κ3) is 5.56. The molecule has 38 heavy (non-hydrogen) atoms. The van der Waals surface area contributed by atoms with Crippen LogP contribution in [0.3, 0.4) is 0 Å². The average molecular weight is 558 g/mol. The third-order valence-electron chi connectivity index (χ3n) is 7.18. The van der Waals surface area contributed by atoms with E-state index >= 15 is 0 Å². The Labute approximate surface area is 217 Å². The third-order valence-corrected chi connectivity index (χ3v) is 7.18. The van der Waals surface area contributed by atoms with Gasteiger partial charge >= 0.3 is 0 Å². The van der Waals surface area contributed by atoms with Crippen LogP contribution in [-0.2, 0) is 23.7 Å². The molecule has 0 spiro atoms. The zero-order valence-electron chi connectivity index (χ0n) is 20.6. The number of allylic oxidation sites excluding steroid dienone is 1. The average Bonchev–Trinajstić information content (AvgIpc) is 2.92. The molecule has 17 heteroatoms. The van der Waals surface area contributed by atoms with E-state index in [4.69, 9.17) is 40.9 Å². The first-order valence-electron chi connectivity index (χ1n) is 12.0. The van der Waals surface area contributed by atoms with Crippen molar-refractivity contribution in [1.82, 2.24) is 0 Å². The van der Waals surface area contributed by atoms with E-state index in [1.54, 1.807) is 0 Å². The van der Waals surface area contributed by atoms with Crippen molar-refractivity contribution in [2.75, 3.05) is 19.8 Å². The molecule has 0 saturated carbocycles. The summed E-state index contributed by atoms with van der Waals surface area (Å²) in [6, 6.07) is -4.15. The lowest BCUT2D eigenvalue weighted by Crippen LogP contribution is -2.71. The summed E-state index contributed by atoms with van der Waals surface area (Å²) in [7, 11) is 0. The standard InChI is InChI=1S/C21H39N3O14/c1-2-8(28)21(5-27)17(32)14(31)11(24)20(38-21)37-16-7(4-26)35-19(10(23)13(16)30)36-15-6(3-25)34-18(33)9(22)12(15)29/h2,6-7,9-20,25-33H,3-5,22-24H2,1H3/b8-2-/t6-,7-,9-,10-,11-,12-,13-,14-,15?,16?,17+,18-,19+,20+,21+/m1/s1. The van der Waals surface area contributed by atoms with Gasteiger partial charge in [-0.1, -0.05) is 0 Å². The van der Waals surface area contributed by atoms with E-state index in [-0.39, 0.29) is 0 Å². The predicted octanol–water partition coefficient (Wildman–Crippen LogP) is -6.84. The Morgan fingerprint density at radius 2 is 1.29 bits per heavy atom. The van der Waals surface area contributed by atoms with Crippen molar-refractivity contribution in [2.45, 2.75) is 98.4 Å². The van der Waals surface area contributed by atoms with Gasteiger partial charge in [-0.15, -0.1) is 0 Å². The summed E-state index contributed by atoms with van der Waals surface area (Å²) in [6.07, 6.45) is -15.8. The molecule has 0 aromatic carbocycles. The van der Waals surface area contributed by atoms with Crippen molar-refractivity contribution < 1.29 is 69.6 Å². The largest absolute Gasteiger partial charge is 0.509 e. The van der Waals surface area contributed by atoms with Crippen molar-refractivity contribution in [3.63, 3.8) is 0 Å². The second-order valence-corrected chi connectivity index (χ2v) is 9.53. The fraction of sp³-hybridized carbons (Fsp3) is 0.905. The van der Waals surface area contributed by atoms with Crippen LogP contribution in [0, 0.1) is 0 Å². The summed E-state index contributed by atoms with van der Waals surface area (Å²) in [5.74, 6) is -0.619. The molecule has 15 N–H and O–H groups in total. The van der Waals surface area contributed by atoms with Gasteiger partial charge in [0, 0.05) is 0 Å². The van der Waals surface area contributed by atoms with E-state index in [1.807, 2.05) is 0 Å². The highest BCUT2D eigenvalue weighted by Crippen LogP contribution is 2.36. The van der Waals surface area contributed by atoms with Crippen LogP contribution in [0.5, 0.6) is 0 Å². The van der Waals surface area contributed by atoms with Gasteiger partial charge in [-0.2, -0.15) is 0 Å². The molecule has 15 atom stereocenters. The molecule has 3 rings (SSSR count). The highest BCUT2D eigenvalue weighted by Gasteiger charge is 2.57. The number of rotatable bonds is 8. The van der Waals surface area contributed by atoms with Gasteiger partial charge in [0.15, 0.2) is 24.5 Å². The molecule has 3 heterocycles. The minimum absolute atomic E-state index is 0.619. The molecule has 3 aliphatic rings. The molecule has 0 radical (unpaired) electrons. The zero-order valence-corrected chi connectivity index (χ0v) is 20.6. The molecule has 0 aromatic rings. The lowest BCUT2D eigenvalue weighted by Gasteiger charge is -2.50. The van der Waals surface area contributed by atoms with Crippen LogP contribution < -0.4 is 17.2 Å². The van der Waals surface area contributed by atoms with Crippen molar-refractivity contribution >= 4 is 0 Å². The Morgan fingerprint density at radius 3 is 1.82 bits per heavy atom. The Bertz CT molecular complexity index is 807. The Hall–Kier alpha value is -1.10. The fourth-order valence-electron chi connectivity index (χ4n) is 4.75. The number of hydrogen-bond donors (Lipinski definition) is 12. The van der Waals surface area contributed by atoms with Crippen molar-refractivity contribution in [2.24, 2.45) is 17.2 Å². The Morgan fingerprint density at radius 1 is 0.789 bits per heavy atom. The molecule has 2 unspecified atom stereocenters. The van der Waals surface area contributed by atoms with E-state index < -0.39 is 117 Å². The van der Waals surface area contributed by atoms with Crippen LogP contribution in [-0.4, -0.2) is 157 Å². The minimum atomic E-state index is -2.21. The lowest BCUT2D eigenvalue weighted by atomic mass is 9.84. The van der Waals surface area contributed by atoms with E-state index in [9.17, 15) is 46.0 Å². The quantitative estimate of drug-likeness (QED) is 0.123.